The van der Waals surface area contributed by atoms with Crippen LogP contribution in [0.5, 0.6) is 11.5 Å². The Morgan fingerprint density at radius 3 is 2.52 bits per heavy atom. The molecule has 0 aliphatic heterocycles. The first-order valence-corrected chi connectivity index (χ1v) is 6.62. The maximum atomic E-state index is 13.8. The van der Waals surface area contributed by atoms with Crippen LogP contribution in [0, 0.1) is 5.82 Å². The topological polar surface area (TPSA) is 35.5 Å². The van der Waals surface area contributed by atoms with E-state index in [2.05, 4.69) is 0 Å². The summed E-state index contributed by atoms with van der Waals surface area (Å²) in [6.07, 6.45) is 0.0532. The Kier molecular flexibility index (Phi) is 4.81. The normalized spacial score (nSPS) is 10.3. The van der Waals surface area contributed by atoms with Crippen LogP contribution in [0.2, 0.25) is 5.02 Å². The van der Waals surface area contributed by atoms with Crippen LogP contribution in [0.1, 0.15) is 15.9 Å². The molecule has 21 heavy (non-hydrogen) atoms. The van der Waals surface area contributed by atoms with Gasteiger partial charge in [0.05, 0.1) is 24.8 Å². The number of Topliss-reactive ketones (excluding diaryl/α,β-unsaturated/α-hetero) is 1. The number of ketones is 1. The predicted octanol–water partition coefficient (Wildman–Crippen LogP) is 3.92. The van der Waals surface area contributed by atoms with E-state index < -0.39 is 5.82 Å². The van der Waals surface area contributed by atoms with Crippen molar-refractivity contribution in [2.75, 3.05) is 14.2 Å². The first-order valence-electron chi connectivity index (χ1n) is 6.25. The average Bonchev–Trinajstić information content (AvgIpc) is 2.49. The van der Waals surface area contributed by atoms with Crippen LogP contribution >= 0.6 is 11.6 Å². The maximum absolute atomic E-state index is 13.8. The largest absolute Gasteiger partial charge is 0.493 e. The highest BCUT2D eigenvalue weighted by atomic mass is 35.5. The Morgan fingerprint density at radius 2 is 1.86 bits per heavy atom. The van der Waals surface area contributed by atoms with Gasteiger partial charge < -0.3 is 9.47 Å². The number of hydrogen-bond acceptors (Lipinski definition) is 3. The molecule has 0 heterocycles. The van der Waals surface area contributed by atoms with Crippen LogP contribution in [0.25, 0.3) is 0 Å². The van der Waals surface area contributed by atoms with Gasteiger partial charge in [-0.05, 0) is 29.8 Å². The lowest BCUT2D eigenvalue weighted by atomic mass is 10.0. The third-order valence-electron chi connectivity index (χ3n) is 3.06. The number of ether oxygens (including phenoxy) is 2. The zero-order chi connectivity index (χ0) is 15.4. The quantitative estimate of drug-likeness (QED) is 0.785. The molecule has 0 amide bonds. The molecule has 0 bridgehead atoms. The second-order valence-electron chi connectivity index (χ2n) is 4.39. The molecule has 0 atom stereocenters. The van der Waals surface area contributed by atoms with Gasteiger partial charge in [0.2, 0.25) is 0 Å². The first-order chi connectivity index (χ1) is 10.1. The third-order valence-corrected chi connectivity index (χ3v) is 3.36. The molecule has 0 aromatic heterocycles. The monoisotopic (exact) mass is 308 g/mol. The van der Waals surface area contributed by atoms with E-state index in [0.29, 0.717) is 17.1 Å². The Hall–Kier alpha value is -2.07. The second kappa shape index (κ2) is 6.59. The Bertz CT molecular complexity index is 671. The highest BCUT2D eigenvalue weighted by Gasteiger charge is 2.15. The van der Waals surface area contributed by atoms with E-state index in [1.807, 2.05) is 0 Å². The van der Waals surface area contributed by atoms with Crippen molar-refractivity contribution in [1.29, 1.82) is 0 Å². The minimum atomic E-state index is -0.690. The van der Waals surface area contributed by atoms with Gasteiger partial charge in [0.25, 0.3) is 0 Å². The van der Waals surface area contributed by atoms with Gasteiger partial charge in [-0.1, -0.05) is 23.7 Å². The molecular weight excluding hydrogens is 295 g/mol. The number of rotatable bonds is 5. The van der Waals surface area contributed by atoms with E-state index in [0.717, 1.165) is 0 Å². The van der Waals surface area contributed by atoms with Crippen LogP contribution in [-0.4, -0.2) is 20.0 Å². The van der Waals surface area contributed by atoms with Crippen molar-refractivity contribution in [3.05, 3.63) is 58.4 Å². The molecule has 0 spiro atoms. The van der Waals surface area contributed by atoms with E-state index in [4.69, 9.17) is 21.1 Å². The van der Waals surface area contributed by atoms with Crippen molar-refractivity contribution in [1.82, 2.24) is 0 Å². The van der Waals surface area contributed by atoms with Gasteiger partial charge in [0.15, 0.2) is 23.1 Å². The lowest BCUT2D eigenvalue weighted by molar-refractivity contribution is 0.0989. The smallest absolute Gasteiger partial charge is 0.170 e. The van der Waals surface area contributed by atoms with Crippen molar-refractivity contribution >= 4 is 17.4 Å². The molecule has 3 nitrogen and oxygen atoms in total. The summed E-state index contributed by atoms with van der Waals surface area (Å²) in [7, 11) is 3.05. The fourth-order valence-electron chi connectivity index (χ4n) is 1.99. The molecular formula is C16H14ClFO3. The number of methoxy groups -OCH3 is 2. The molecule has 0 fully saturated rings. The highest BCUT2D eigenvalue weighted by molar-refractivity contribution is 6.31. The first kappa shape index (κ1) is 15.3. The van der Waals surface area contributed by atoms with Crippen LogP contribution < -0.4 is 9.47 Å². The number of halogens is 2. The molecule has 0 radical (unpaired) electrons. The molecule has 0 N–H and O–H groups in total. The van der Waals surface area contributed by atoms with Crippen LogP contribution in [0.3, 0.4) is 0 Å². The number of benzene rings is 2. The number of hydrogen-bond donors (Lipinski definition) is 0. The SMILES string of the molecule is COc1ccc(CC(=O)c2cccc(Cl)c2F)cc1OC. The van der Waals surface area contributed by atoms with Crippen molar-refractivity contribution in [3.63, 3.8) is 0 Å². The molecule has 0 saturated heterocycles. The summed E-state index contributed by atoms with van der Waals surface area (Å²) in [4.78, 5) is 12.2. The third kappa shape index (κ3) is 3.34. The summed E-state index contributed by atoms with van der Waals surface area (Å²) in [5, 5.41) is -0.0619. The summed E-state index contributed by atoms with van der Waals surface area (Å²) < 4.78 is 24.1. The molecule has 0 aliphatic carbocycles. The fraction of sp³-hybridized carbons (Fsp3) is 0.188. The second-order valence-corrected chi connectivity index (χ2v) is 4.80. The van der Waals surface area contributed by atoms with Gasteiger partial charge in [-0.2, -0.15) is 0 Å². The van der Waals surface area contributed by atoms with E-state index in [-0.39, 0.29) is 22.8 Å². The van der Waals surface area contributed by atoms with Crippen molar-refractivity contribution < 1.29 is 18.7 Å². The lowest BCUT2D eigenvalue weighted by Gasteiger charge is -2.09. The molecule has 0 unspecified atom stereocenters. The number of carbonyl (C=O) groups excluding carboxylic acids is 1. The van der Waals surface area contributed by atoms with Gasteiger partial charge in [-0.25, -0.2) is 4.39 Å². The van der Waals surface area contributed by atoms with Gasteiger partial charge in [-0.3, -0.25) is 4.79 Å². The molecule has 2 aromatic carbocycles. The summed E-state index contributed by atoms with van der Waals surface area (Å²) in [6, 6.07) is 9.51. The lowest BCUT2D eigenvalue weighted by Crippen LogP contribution is -2.06. The standard InChI is InChI=1S/C16H14ClFO3/c1-20-14-7-6-10(9-15(14)21-2)8-13(19)11-4-3-5-12(17)16(11)18/h3-7,9H,8H2,1-2H3. The molecule has 2 aromatic rings. The zero-order valence-electron chi connectivity index (χ0n) is 11.7. The van der Waals surface area contributed by atoms with Gasteiger partial charge in [0.1, 0.15) is 0 Å². The summed E-state index contributed by atoms with van der Waals surface area (Å²) >= 11 is 5.68. The van der Waals surface area contributed by atoms with Gasteiger partial charge in [0, 0.05) is 6.42 Å². The molecule has 0 saturated carbocycles. The Labute approximate surface area is 127 Å². The summed E-state index contributed by atoms with van der Waals surface area (Å²) in [6.45, 7) is 0. The van der Waals surface area contributed by atoms with Crippen molar-refractivity contribution in [2.24, 2.45) is 0 Å². The Balaban J connectivity index is 2.25. The highest BCUT2D eigenvalue weighted by Crippen LogP contribution is 2.28. The van der Waals surface area contributed by atoms with Gasteiger partial charge >= 0.3 is 0 Å². The molecule has 5 heteroatoms. The van der Waals surface area contributed by atoms with E-state index in [9.17, 15) is 9.18 Å². The minimum Gasteiger partial charge on any atom is -0.493 e. The predicted molar refractivity (Wildman–Crippen MR) is 79.0 cm³/mol. The summed E-state index contributed by atoms with van der Waals surface area (Å²) in [5.74, 6) is 0.0591. The van der Waals surface area contributed by atoms with E-state index in [1.165, 1.54) is 26.4 Å². The average molecular weight is 309 g/mol. The van der Waals surface area contributed by atoms with Gasteiger partial charge in [-0.15, -0.1) is 0 Å². The minimum absolute atomic E-state index is 0.0164. The summed E-state index contributed by atoms with van der Waals surface area (Å²) in [5.41, 5.74) is 0.689. The van der Waals surface area contributed by atoms with Crippen LogP contribution in [0.4, 0.5) is 4.39 Å². The van der Waals surface area contributed by atoms with E-state index >= 15 is 0 Å². The molecule has 110 valence electrons. The van der Waals surface area contributed by atoms with E-state index in [1.54, 1.807) is 24.3 Å². The van der Waals surface area contributed by atoms with Crippen LogP contribution in [0.15, 0.2) is 36.4 Å². The van der Waals surface area contributed by atoms with Crippen LogP contribution in [-0.2, 0) is 6.42 Å². The molecule has 0 aliphatic rings. The Morgan fingerprint density at radius 1 is 1.14 bits per heavy atom. The molecule has 2 rings (SSSR count). The maximum Gasteiger partial charge on any atom is 0.170 e. The van der Waals surface area contributed by atoms with Crippen molar-refractivity contribution in [3.8, 4) is 11.5 Å². The zero-order valence-corrected chi connectivity index (χ0v) is 12.4. The number of carbonyl (C=O) groups is 1. The van der Waals surface area contributed by atoms with Crippen molar-refractivity contribution in [2.45, 2.75) is 6.42 Å². The fourth-order valence-corrected chi connectivity index (χ4v) is 2.16.